The van der Waals surface area contributed by atoms with Crippen molar-refractivity contribution in [3.8, 4) is 17.1 Å². The van der Waals surface area contributed by atoms with Gasteiger partial charge in [-0.25, -0.2) is 4.98 Å². The molecular formula is C26H27F3N6O. The fourth-order valence-corrected chi connectivity index (χ4v) is 4.51. The Morgan fingerprint density at radius 2 is 1.94 bits per heavy atom. The Hall–Kier alpha value is -3.66. The number of likely N-dealkylation sites (tertiary alicyclic amines) is 1. The Morgan fingerprint density at radius 1 is 1.11 bits per heavy atom. The van der Waals surface area contributed by atoms with Crippen molar-refractivity contribution in [3.05, 3.63) is 72.1 Å². The van der Waals surface area contributed by atoms with Crippen molar-refractivity contribution in [1.29, 1.82) is 0 Å². The zero-order valence-electron chi connectivity index (χ0n) is 19.9. The number of alkyl halides is 3. The van der Waals surface area contributed by atoms with E-state index in [1.54, 1.807) is 16.8 Å². The summed E-state index contributed by atoms with van der Waals surface area (Å²) < 4.78 is 48.1. The number of piperidine rings is 1. The highest BCUT2D eigenvalue weighted by Crippen LogP contribution is 2.37. The van der Waals surface area contributed by atoms with Gasteiger partial charge in [0, 0.05) is 25.0 Å². The first-order chi connectivity index (χ1) is 17.4. The number of fused-ring (bicyclic) bond motifs is 1. The van der Waals surface area contributed by atoms with Gasteiger partial charge in [0.2, 0.25) is 0 Å². The SMILES string of the molecule is CCN1CCC[C@@H](Nc2nnc(-c3ccc(C(F)(F)F)cc3OCc3ccccc3)n3ccnc23)C1. The summed E-state index contributed by atoms with van der Waals surface area (Å²) in [5.74, 6) is 0.971. The molecule has 0 aliphatic carbocycles. The lowest BCUT2D eigenvalue weighted by Crippen LogP contribution is -2.42. The molecule has 1 N–H and O–H groups in total. The third kappa shape index (κ3) is 5.13. The number of hydrogen-bond donors (Lipinski definition) is 1. The van der Waals surface area contributed by atoms with E-state index in [0.717, 1.165) is 50.2 Å². The fourth-order valence-electron chi connectivity index (χ4n) is 4.51. The van der Waals surface area contributed by atoms with E-state index in [-0.39, 0.29) is 18.4 Å². The van der Waals surface area contributed by atoms with Gasteiger partial charge in [-0.15, -0.1) is 10.2 Å². The van der Waals surface area contributed by atoms with E-state index in [0.29, 0.717) is 22.9 Å². The quantitative estimate of drug-likeness (QED) is 0.375. The maximum atomic E-state index is 13.5. The molecule has 0 radical (unpaired) electrons. The highest BCUT2D eigenvalue weighted by atomic mass is 19.4. The van der Waals surface area contributed by atoms with Crippen LogP contribution in [0.15, 0.2) is 60.9 Å². The second-order valence-corrected chi connectivity index (χ2v) is 8.85. The summed E-state index contributed by atoms with van der Waals surface area (Å²) in [5, 5.41) is 12.3. The molecule has 0 bridgehead atoms. The molecule has 1 aliphatic heterocycles. The second-order valence-electron chi connectivity index (χ2n) is 8.85. The van der Waals surface area contributed by atoms with Gasteiger partial charge in [0.15, 0.2) is 17.3 Å². The van der Waals surface area contributed by atoms with Crippen molar-refractivity contribution in [2.45, 2.75) is 38.6 Å². The predicted molar refractivity (Wildman–Crippen MR) is 131 cm³/mol. The number of nitrogens with zero attached hydrogens (tertiary/aromatic N) is 5. The smallest absolute Gasteiger partial charge is 0.416 e. The molecule has 1 atom stereocenters. The van der Waals surface area contributed by atoms with Gasteiger partial charge >= 0.3 is 6.18 Å². The van der Waals surface area contributed by atoms with Gasteiger partial charge in [0.25, 0.3) is 0 Å². The van der Waals surface area contributed by atoms with Crippen LogP contribution in [0, 0.1) is 0 Å². The number of imidazole rings is 1. The number of rotatable bonds is 7. The molecule has 0 amide bonds. The zero-order valence-corrected chi connectivity index (χ0v) is 19.9. The molecule has 5 rings (SSSR count). The average Bonchev–Trinajstić information content (AvgIpc) is 3.38. The van der Waals surface area contributed by atoms with Crippen LogP contribution >= 0.6 is 0 Å². The van der Waals surface area contributed by atoms with E-state index < -0.39 is 11.7 Å². The largest absolute Gasteiger partial charge is 0.488 e. The third-order valence-corrected chi connectivity index (χ3v) is 6.41. The number of hydrogen-bond acceptors (Lipinski definition) is 6. The Bertz CT molecular complexity index is 1320. The summed E-state index contributed by atoms with van der Waals surface area (Å²) in [7, 11) is 0. The predicted octanol–water partition coefficient (Wildman–Crippen LogP) is 5.29. The van der Waals surface area contributed by atoms with E-state index >= 15 is 0 Å². The van der Waals surface area contributed by atoms with Gasteiger partial charge in [0.1, 0.15) is 12.4 Å². The minimum Gasteiger partial charge on any atom is -0.488 e. The van der Waals surface area contributed by atoms with Crippen molar-refractivity contribution in [1.82, 2.24) is 24.5 Å². The number of aromatic nitrogens is 4. The van der Waals surface area contributed by atoms with Crippen LogP contribution in [0.4, 0.5) is 19.0 Å². The van der Waals surface area contributed by atoms with Gasteiger partial charge in [-0.3, -0.25) is 4.40 Å². The standard InChI is InChI=1S/C26H27F3N6O/c1-2-34-13-6-9-20(16-34)31-23-25-30-12-14-35(25)24(33-32-23)21-11-10-19(26(27,28)29)15-22(21)36-17-18-7-4-3-5-8-18/h3-5,7-8,10-12,14-15,20H,2,6,9,13,16-17H2,1H3,(H,31,32)/t20-/m1/s1. The number of nitrogens with one attached hydrogen (secondary N) is 1. The fraction of sp³-hybridized carbons (Fsp3) is 0.346. The molecule has 2 aromatic heterocycles. The van der Waals surface area contributed by atoms with Crippen LogP contribution in [0.5, 0.6) is 5.75 Å². The molecular weight excluding hydrogens is 469 g/mol. The Labute approximate surface area is 206 Å². The molecule has 1 fully saturated rings. The molecule has 0 saturated carbocycles. The average molecular weight is 497 g/mol. The van der Waals surface area contributed by atoms with Gasteiger partial charge < -0.3 is 15.0 Å². The summed E-state index contributed by atoms with van der Waals surface area (Å²) in [4.78, 5) is 6.83. The molecule has 188 valence electrons. The van der Waals surface area contributed by atoms with Crippen LogP contribution in [-0.2, 0) is 12.8 Å². The van der Waals surface area contributed by atoms with Crippen LogP contribution in [-0.4, -0.2) is 50.2 Å². The van der Waals surface area contributed by atoms with Gasteiger partial charge in [-0.2, -0.15) is 13.2 Å². The zero-order chi connectivity index (χ0) is 25.1. The lowest BCUT2D eigenvalue weighted by atomic mass is 10.1. The van der Waals surface area contributed by atoms with E-state index in [2.05, 4.69) is 32.3 Å². The summed E-state index contributed by atoms with van der Waals surface area (Å²) in [6.45, 7) is 5.23. The molecule has 1 aliphatic rings. The summed E-state index contributed by atoms with van der Waals surface area (Å²) in [6, 6.07) is 12.9. The first-order valence-corrected chi connectivity index (χ1v) is 12.0. The molecule has 1 saturated heterocycles. The minimum absolute atomic E-state index is 0.0737. The van der Waals surface area contributed by atoms with Crippen LogP contribution in [0.3, 0.4) is 0 Å². The highest BCUT2D eigenvalue weighted by molar-refractivity contribution is 5.71. The molecule has 10 heteroatoms. The molecule has 3 heterocycles. The lowest BCUT2D eigenvalue weighted by Gasteiger charge is -2.32. The second kappa shape index (κ2) is 10.1. The van der Waals surface area contributed by atoms with Crippen molar-refractivity contribution in [2.75, 3.05) is 25.0 Å². The molecule has 4 aromatic rings. The lowest BCUT2D eigenvalue weighted by molar-refractivity contribution is -0.137. The number of anilines is 1. The Kier molecular flexibility index (Phi) is 6.77. The van der Waals surface area contributed by atoms with Gasteiger partial charge in [-0.05, 0) is 49.7 Å². The molecule has 7 nitrogen and oxygen atoms in total. The molecule has 0 unspecified atom stereocenters. The maximum Gasteiger partial charge on any atom is 0.416 e. The summed E-state index contributed by atoms with van der Waals surface area (Å²) in [5.41, 5.74) is 1.01. The monoisotopic (exact) mass is 496 g/mol. The molecule has 0 spiro atoms. The van der Waals surface area contributed by atoms with Gasteiger partial charge in [-0.1, -0.05) is 37.3 Å². The first kappa shape index (κ1) is 24.1. The first-order valence-electron chi connectivity index (χ1n) is 12.0. The van der Waals surface area contributed by atoms with Gasteiger partial charge in [0.05, 0.1) is 11.1 Å². The maximum absolute atomic E-state index is 13.5. The van der Waals surface area contributed by atoms with E-state index in [9.17, 15) is 13.2 Å². The number of halogens is 3. The Balaban J connectivity index is 1.49. The Morgan fingerprint density at radius 3 is 2.72 bits per heavy atom. The van der Waals surface area contributed by atoms with Crippen LogP contribution in [0.2, 0.25) is 0 Å². The number of likely N-dealkylation sites (N-methyl/N-ethyl adjacent to an activating group) is 1. The third-order valence-electron chi connectivity index (χ3n) is 6.41. The number of benzene rings is 2. The minimum atomic E-state index is -4.50. The van der Waals surface area contributed by atoms with Crippen LogP contribution < -0.4 is 10.1 Å². The van der Waals surface area contributed by atoms with Crippen molar-refractivity contribution >= 4 is 11.5 Å². The van der Waals surface area contributed by atoms with Crippen molar-refractivity contribution in [3.63, 3.8) is 0 Å². The molecule has 2 aromatic carbocycles. The van der Waals surface area contributed by atoms with Crippen molar-refractivity contribution < 1.29 is 17.9 Å². The van der Waals surface area contributed by atoms with Crippen LogP contribution in [0.25, 0.3) is 17.0 Å². The van der Waals surface area contributed by atoms with Crippen molar-refractivity contribution in [2.24, 2.45) is 0 Å². The van der Waals surface area contributed by atoms with E-state index in [1.807, 2.05) is 30.3 Å². The number of ether oxygens (including phenoxy) is 1. The molecule has 36 heavy (non-hydrogen) atoms. The normalized spacial score (nSPS) is 16.8. The topological polar surface area (TPSA) is 67.6 Å². The van der Waals surface area contributed by atoms with Crippen LogP contribution in [0.1, 0.15) is 30.9 Å². The highest BCUT2D eigenvalue weighted by Gasteiger charge is 2.32. The van der Waals surface area contributed by atoms with E-state index in [1.165, 1.54) is 6.07 Å². The summed E-state index contributed by atoms with van der Waals surface area (Å²) in [6.07, 6.45) is 0.960. The van der Waals surface area contributed by atoms with E-state index in [4.69, 9.17) is 4.74 Å². The summed E-state index contributed by atoms with van der Waals surface area (Å²) >= 11 is 0.